The number of benzene rings is 2. The molecular weight excluding hydrogens is 412 g/mol. The van der Waals surface area contributed by atoms with Crippen molar-refractivity contribution in [2.75, 3.05) is 7.11 Å². The predicted molar refractivity (Wildman–Crippen MR) is 112 cm³/mol. The van der Waals surface area contributed by atoms with Crippen LogP contribution in [-0.4, -0.2) is 24.1 Å². The Balaban J connectivity index is 2.13. The number of aryl methyl sites for hydroxylation is 1. The van der Waals surface area contributed by atoms with Crippen molar-refractivity contribution in [1.29, 1.82) is 0 Å². The molecule has 0 bridgehead atoms. The summed E-state index contributed by atoms with van der Waals surface area (Å²) in [5, 5.41) is 0. The number of rotatable bonds is 6. The largest absolute Gasteiger partial charge is 0.493 e. The smallest absolute Gasteiger partial charge is 0.387 e. The molecule has 0 aliphatic heterocycles. The molecule has 0 fully saturated rings. The molecule has 0 atom stereocenters. The summed E-state index contributed by atoms with van der Waals surface area (Å²) in [6.07, 6.45) is 2.84. The minimum Gasteiger partial charge on any atom is -0.493 e. The molecule has 0 spiro atoms. The van der Waals surface area contributed by atoms with Crippen LogP contribution < -0.4 is 24.2 Å². The topological polar surface area (TPSA) is 57.5 Å². The lowest BCUT2D eigenvalue weighted by molar-refractivity contribution is -0.0513. The predicted octanol–water partition coefficient (Wildman–Crippen LogP) is 2.86. The van der Waals surface area contributed by atoms with Crippen molar-refractivity contribution in [2.24, 2.45) is 7.05 Å². The van der Waals surface area contributed by atoms with Gasteiger partial charge in [-0.05, 0) is 24.6 Å². The molecular formula is C22H19F2NO4S. The van der Waals surface area contributed by atoms with Crippen LogP contribution >= 0.6 is 11.3 Å². The van der Waals surface area contributed by atoms with E-state index >= 15 is 0 Å². The lowest BCUT2D eigenvalue weighted by atomic mass is 10.1. The number of Topliss-reactive ketones (excluding diaryl/α,β-unsaturated/α-hetero) is 1. The number of hydrogen-bond donors (Lipinski definition) is 0. The van der Waals surface area contributed by atoms with Crippen molar-refractivity contribution in [3.05, 3.63) is 78.7 Å². The Kier molecular flexibility index (Phi) is 6.47. The van der Waals surface area contributed by atoms with Gasteiger partial charge < -0.3 is 14.0 Å². The highest BCUT2D eigenvalue weighted by Gasteiger charge is 2.15. The van der Waals surface area contributed by atoms with Gasteiger partial charge in [0.25, 0.3) is 5.56 Å². The Bertz CT molecular complexity index is 1260. The van der Waals surface area contributed by atoms with Crippen LogP contribution in [0.4, 0.5) is 8.78 Å². The number of hydrogen-bond acceptors (Lipinski definition) is 5. The number of thiazole rings is 1. The van der Waals surface area contributed by atoms with Crippen LogP contribution in [0.3, 0.4) is 0 Å². The molecule has 0 saturated heterocycles. The molecule has 5 nitrogen and oxygen atoms in total. The summed E-state index contributed by atoms with van der Waals surface area (Å²) in [7, 11) is 2.89. The number of nitrogens with zero attached hydrogens (tertiary/aromatic N) is 1. The zero-order chi connectivity index (χ0) is 21.8. The third-order valence-corrected chi connectivity index (χ3v) is 5.56. The summed E-state index contributed by atoms with van der Waals surface area (Å²) in [4.78, 5) is 25.3. The standard InChI is InChI=1S/C22H19F2NO4S/c1-13-7-4-5-9-15(13)16(26)12-19-25(2)21(27)18(30-19)11-14-8-6-10-17(28-3)20(14)29-22(23)24/h4-12,22H,1-3H3. The molecule has 1 aromatic heterocycles. The Morgan fingerprint density at radius 2 is 1.90 bits per heavy atom. The number of aromatic nitrogens is 1. The van der Waals surface area contributed by atoms with Gasteiger partial charge in [-0.2, -0.15) is 8.78 Å². The van der Waals surface area contributed by atoms with Gasteiger partial charge in [0.1, 0.15) is 4.66 Å². The van der Waals surface area contributed by atoms with E-state index in [2.05, 4.69) is 4.74 Å². The molecule has 0 N–H and O–H groups in total. The van der Waals surface area contributed by atoms with Crippen LogP contribution in [-0.2, 0) is 7.05 Å². The van der Waals surface area contributed by atoms with Crippen LogP contribution in [0.2, 0.25) is 0 Å². The molecule has 2 aromatic carbocycles. The van der Waals surface area contributed by atoms with Gasteiger partial charge in [-0.25, -0.2) is 0 Å². The quantitative estimate of drug-likeness (QED) is 0.564. The van der Waals surface area contributed by atoms with E-state index in [1.54, 1.807) is 31.3 Å². The second-order valence-corrected chi connectivity index (χ2v) is 7.46. The number of carbonyl (C=O) groups is 1. The summed E-state index contributed by atoms with van der Waals surface area (Å²) in [6, 6.07) is 11.8. The zero-order valence-electron chi connectivity index (χ0n) is 16.5. The van der Waals surface area contributed by atoms with Crippen molar-refractivity contribution < 1.29 is 23.0 Å². The van der Waals surface area contributed by atoms with E-state index in [0.717, 1.165) is 16.9 Å². The number of ketones is 1. The number of halogens is 2. The first-order chi connectivity index (χ1) is 14.3. The molecule has 0 saturated carbocycles. The normalized spacial score (nSPS) is 12.5. The van der Waals surface area contributed by atoms with Crippen LogP contribution in [0.25, 0.3) is 12.2 Å². The molecule has 0 aliphatic carbocycles. The molecule has 0 radical (unpaired) electrons. The summed E-state index contributed by atoms with van der Waals surface area (Å²) >= 11 is 1.09. The highest BCUT2D eigenvalue weighted by Crippen LogP contribution is 2.32. The maximum absolute atomic E-state index is 12.8. The maximum atomic E-state index is 12.8. The lowest BCUT2D eigenvalue weighted by Gasteiger charge is -2.12. The van der Waals surface area contributed by atoms with E-state index in [4.69, 9.17) is 4.74 Å². The monoisotopic (exact) mass is 431 g/mol. The Hall–Kier alpha value is -3.26. The summed E-state index contributed by atoms with van der Waals surface area (Å²) in [6.45, 7) is -1.21. The molecule has 1 heterocycles. The SMILES string of the molecule is COc1cccc(C=c2sc(=CC(=O)c3ccccc3C)n(C)c2=O)c1OC(F)F. The average Bonchev–Trinajstić information content (AvgIpc) is 2.97. The second-order valence-electron chi connectivity index (χ2n) is 6.39. The van der Waals surface area contributed by atoms with Crippen molar-refractivity contribution >= 4 is 29.3 Å². The number of methoxy groups -OCH3 is 1. The van der Waals surface area contributed by atoms with Gasteiger partial charge >= 0.3 is 6.61 Å². The first-order valence-electron chi connectivity index (χ1n) is 8.93. The first kappa shape index (κ1) is 21.4. The van der Waals surface area contributed by atoms with Crippen LogP contribution in [0, 0.1) is 6.92 Å². The highest BCUT2D eigenvalue weighted by atomic mass is 32.1. The third-order valence-electron chi connectivity index (χ3n) is 4.45. The summed E-state index contributed by atoms with van der Waals surface area (Å²) in [5.41, 5.74) is 1.29. The summed E-state index contributed by atoms with van der Waals surface area (Å²) < 4.78 is 37.4. The van der Waals surface area contributed by atoms with E-state index in [1.807, 2.05) is 19.1 Å². The molecule has 30 heavy (non-hydrogen) atoms. The minimum atomic E-state index is -3.05. The van der Waals surface area contributed by atoms with Gasteiger partial charge in [-0.15, -0.1) is 11.3 Å². The van der Waals surface area contributed by atoms with E-state index in [9.17, 15) is 18.4 Å². The van der Waals surface area contributed by atoms with Crippen LogP contribution in [0.15, 0.2) is 47.3 Å². The molecule has 156 valence electrons. The van der Waals surface area contributed by atoms with Gasteiger partial charge in [0.15, 0.2) is 17.3 Å². The Morgan fingerprint density at radius 3 is 2.57 bits per heavy atom. The van der Waals surface area contributed by atoms with E-state index in [1.165, 1.54) is 29.9 Å². The fourth-order valence-electron chi connectivity index (χ4n) is 2.91. The molecule has 0 aliphatic rings. The number of carbonyl (C=O) groups excluding carboxylic acids is 1. The van der Waals surface area contributed by atoms with E-state index in [-0.39, 0.29) is 32.9 Å². The molecule has 8 heteroatoms. The average molecular weight is 431 g/mol. The number of para-hydroxylation sites is 1. The van der Waals surface area contributed by atoms with Crippen LogP contribution in [0.1, 0.15) is 21.5 Å². The second kappa shape index (κ2) is 9.04. The van der Waals surface area contributed by atoms with Crippen molar-refractivity contribution in [3.63, 3.8) is 0 Å². The summed E-state index contributed by atoms with van der Waals surface area (Å²) in [5.74, 6) is -0.259. The Morgan fingerprint density at radius 1 is 1.17 bits per heavy atom. The van der Waals surface area contributed by atoms with Gasteiger partial charge in [0.05, 0.1) is 11.6 Å². The molecule has 3 rings (SSSR count). The zero-order valence-corrected chi connectivity index (χ0v) is 17.3. The fraction of sp³-hybridized carbons (Fsp3) is 0.182. The Labute approximate surface area is 175 Å². The van der Waals surface area contributed by atoms with Crippen LogP contribution in [0.5, 0.6) is 11.5 Å². The third kappa shape index (κ3) is 4.49. The first-order valence-corrected chi connectivity index (χ1v) is 9.74. The van der Waals surface area contributed by atoms with Gasteiger partial charge in [-0.3, -0.25) is 9.59 Å². The number of alkyl halides is 2. The van der Waals surface area contributed by atoms with Crippen molar-refractivity contribution in [3.8, 4) is 11.5 Å². The molecule has 0 amide bonds. The van der Waals surface area contributed by atoms with Crippen molar-refractivity contribution in [1.82, 2.24) is 4.57 Å². The number of ether oxygens (including phenoxy) is 2. The van der Waals surface area contributed by atoms with E-state index in [0.29, 0.717) is 10.2 Å². The van der Waals surface area contributed by atoms with Gasteiger partial charge in [0, 0.05) is 24.3 Å². The van der Waals surface area contributed by atoms with E-state index < -0.39 is 6.61 Å². The van der Waals surface area contributed by atoms with Gasteiger partial charge in [-0.1, -0.05) is 36.4 Å². The lowest BCUT2D eigenvalue weighted by Crippen LogP contribution is -2.29. The molecule has 0 unspecified atom stereocenters. The maximum Gasteiger partial charge on any atom is 0.387 e. The van der Waals surface area contributed by atoms with Crippen molar-refractivity contribution in [2.45, 2.75) is 13.5 Å². The highest BCUT2D eigenvalue weighted by molar-refractivity contribution is 7.07. The molecule has 3 aromatic rings. The fourth-order valence-corrected chi connectivity index (χ4v) is 3.93. The minimum absolute atomic E-state index is 0.124. The van der Waals surface area contributed by atoms with Gasteiger partial charge in [0.2, 0.25) is 0 Å².